The van der Waals surface area contributed by atoms with Crippen LogP contribution in [0.4, 0.5) is 0 Å². The second-order valence-electron chi connectivity index (χ2n) is 5.96. The zero-order chi connectivity index (χ0) is 15.1. The van der Waals surface area contributed by atoms with Gasteiger partial charge in [-0.15, -0.1) is 0 Å². The molecule has 110 valence electrons. The van der Waals surface area contributed by atoms with Gasteiger partial charge in [-0.25, -0.2) is 4.79 Å². The summed E-state index contributed by atoms with van der Waals surface area (Å²) in [5.41, 5.74) is 2.68. The zero-order valence-electron chi connectivity index (χ0n) is 12.2. The molecular weight excluding hydrogens is 274 g/mol. The average Bonchev–Trinajstić information content (AvgIpc) is 3.28. The molecule has 0 amide bonds. The Morgan fingerprint density at radius 1 is 1.09 bits per heavy atom. The maximum absolute atomic E-state index is 11.4. The van der Waals surface area contributed by atoms with Gasteiger partial charge in [-0.1, -0.05) is 42.5 Å². The summed E-state index contributed by atoms with van der Waals surface area (Å²) < 4.78 is 2.11. The number of hydrogen-bond donors (Lipinski definition) is 1. The Hall–Kier alpha value is -2.55. The first-order chi connectivity index (χ1) is 10.7. The predicted molar refractivity (Wildman–Crippen MR) is 86.4 cm³/mol. The molecule has 1 aromatic heterocycles. The molecular formula is C19H17NO2. The van der Waals surface area contributed by atoms with Crippen LogP contribution in [0.5, 0.6) is 0 Å². The lowest BCUT2D eigenvalue weighted by Crippen LogP contribution is -2.07. The lowest BCUT2D eigenvalue weighted by atomic mass is 10.0. The second kappa shape index (κ2) is 5.02. The molecule has 0 spiro atoms. The van der Waals surface area contributed by atoms with Gasteiger partial charge in [0.25, 0.3) is 0 Å². The van der Waals surface area contributed by atoms with Crippen molar-refractivity contribution >= 4 is 16.7 Å². The van der Waals surface area contributed by atoms with Crippen LogP contribution in [0.15, 0.2) is 54.7 Å². The van der Waals surface area contributed by atoms with Gasteiger partial charge in [0.15, 0.2) is 0 Å². The van der Waals surface area contributed by atoms with E-state index >= 15 is 0 Å². The molecule has 3 aromatic rings. The summed E-state index contributed by atoms with van der Waals surface area (Å²) >= 11 is 0. The van der Waals surface area contributed by atoms with Crippen molar-refractivity contribution in [2.24, 2.45) is 0 Å². The fraction of sp³-hybridized carbons (Fsp3) is 0.211. The van der Waals surface area contributed by atoms with E-state index < -0.39 is 5.97 Å². The van der Waals surface area contributed by atoms with Gasteiger partial charge >= 0.3 is 5.97 Å². The van der Waals surface area contributed by atoms with Crippen LogP contribution < -0.4 is 0 Å². The Bertz CT molecular complexity index is 854. The van der Waals surface area contributed by atoms with Crippen molar-refractivity contribution in [1.82, 2.24) is 4.57 Å². The Kier molecular flexibility index (Phi) is 3.00. The highest BCUT2D eigenvalue weighted by molar-refractivity contribution is 5.89. The Morgan fingerprint density at radius 2 is 1.86 bits per heavy atom. The number of rotatable bonds is 4. The number of carboxylic acid groups (broad SMARTS) is 1. The Labute approximate surface area is 128 Å². The summed E-state index contributed by atoms with van der Waals surface area (Å²) in [5, 5.41) is 11.8. The van der Waals surface area contributed by atoms with E-state index in [2.05, 4.69) is 34.9 Å². The van der Waals surface area contributed by atoms with E-state index in [1.165, 1.54) is 16.3 Å². The van der Waals surface area contributed by atoms with Crippen LogP contribution in [0.25, 0.3) is 10.8 Å². The zero-order valence-corrected chi connectivity index (χ0v) is 12.2. The van der Waals surface area contributed by atoms with E-state index in [1.54, 1.807) is 6.07 Å². The quantitative estimate of drug-likeness (QED) is 0.780. The summed E-state index contributed by atoms with van der Waals surface area (Å²) in [6.45, 7) is 0.723. The third kappa shape index (κ3) is 2.19. The topological polar surface area (TPSA) is 42.2 Å². The predicted octanol–water partition coefficient (Wildman–Crippen LogP) is 4.27. The molecule has 0 unspecified atom stereocenters. The highest BCUT2D eigenvalue weighted by atomic mass is 16.4. The van der Waals surface area contributed by atoms with Gasteiger partial charge in [0.05, 0.1) is 5.56 Å². The molecule has 1 aliphatic rings. The molecule has 0 radical (unpaired) electrons. The summed E-state index contributed by atoms with van der Waals surface area (Å²) in [4.78, 5) is 11.4. The fourth-order valence-electron chi connectivity index (χ4n) is 3.23. The first-order valence-corrected chi connectivity index (χ1v) is 7.63. The van der Waals surface area contributed by atoms with Crippen LogP contribution in [0.2, 0.25) is 0 Å². The molecule has 0 aliphatic heterocycles. The molecule has 0 atom stereocenters. The number of carboxylic acids is 1. The van der Waals surface area contributed by atoms with Crippen molar-refractivity contribution < 1.29 is 9.90 Å². The molecule has 22 heavy (non-hydrogen) atoms. The molecule has 1 aliphatic carbocycles. The molecule has 1 heterocycles. The van der Waals surface area contributed by atoms with Gasteiger partial charge < -0.3 is 9.67 Å². The average molecular weight is 291 g/mol. The normalized spacial score (nSPS) is 14.4. The first kappa shape index (κ1) is 13.1. The largest absolute Gasteiger partial charge is 0.478 e. The van der Waals surface area contributed by atoms with E-state index in [-0.39, 0.29) is 0 Å². The third-order valence-electron chi connectivity index (χ3n) is 4.42. The molecule has 1 fully saturated rings. The maximum atomic E-state index is 11.4. The smallest absolute Gasteiger partial charge is 0.337 e. The monoisotopic (exact) mass is 291 g/mol. The first-order valence-electron chi connectivity index (χ1n) is 7.63. The molecule has 3 nitrogen and oxygen atoms in total. The second-order valence-corrected chi connectivity index (χ2v) is 5.96. The number of hydrogen-bond acceptors (Lipinski definition) is 1. The van der Waals surface area contributed by atoms with E-state index in [1.807, 2.05) is 18.3 Å². The minimum absolute atomic E-state index is 0.413. The van der Waals surface area contributed by atoms with Crippen LogP contribution >= 0.6 is 0 Å². The van der Waals surface area contributed by atoms with Crippen LogP contribution in [-0.4, -0.2) is 15.6 Å². The Morgan fingerprint density at radius 3 is 2.64 bits per heavy atom. The number of fused-ring (bicyclic) bond motifs is 1. The van der Waals surface area contributed by atoms with Gasteiger partial charge in [-0.3, -0.25) is 0 Å². The van der Waals surface area contributed by atoms with Crippen molar-refractivity contribution in [3.05, 3.63) is 71.5 Å². The highest BCUT2D eigenvalue weighted by Crippen LogP contribution is 2.42. The third-order valence-corrected chi connectivity index (χ3v) is 4.42. The van der Waals surface area contributed by atoms with Gasteiger partial charge in [0.1, 0.15) is 0 Å². The van der Waals surface area contributed by atoms with Gasteiger partial charge in [-0.2, -0.15) is 0 Å². The van der Waals surface area contributed by atoms with Crippen molar-refractivity contribution in [3.8, 4) is 0 Å². The minimum atomic E-state index is -0.821. The molecule has 4 rings (SSSR count). The standard InChI is InChI=1S/C19H17NO2/c21-19(22)17-10-11-20(18(17)14-8-9-14)12-15-6-3-5-13-4-1-2-7-16(13)15/h1-7,10-11,14H,8-9,12H2,(H,21,22). The summed E-state index contributed by atoms with van der Waals surface area (Å²) in [5.74, 6) is -0.408. The van der Waals surface area contributed by atoms with Crippen LogP contribution in [0, 0.1) is 0 Å². The fourth-order valence-corrected chi connectivity index (χ4v) is 3.23. The van der Waals surface area contributed by atoms with E-state index in [4.69, 9.17) is 0 Å². The number of aromatic nitrogens is 1. The number of aromatic carboxylic acids is 1. The lowest BCUT2D eigenvalue weighted by Gasteiger charge is -2.12. The summed E-state index contributed by atoms with van der Waals surface area (Å²) in [6.07, 6.45) is 4.11. The summed E-state index contributed by atoms with van der Waals surface area (Å²) in [6, 6.07) is 16.4. The lowest BCUT2D eigenvalue weighted by molar-refractivity contribution is 0.0695. The number of benzene rings is 2. The van der Waals surface area contributed by atoms with Gasteiger partial charge in [0.2, 0.25) is 0 Å². The van der Waals surface area contributed by atoms with E-state index in [0.29, 0.717) is 11.5 Å². The number of carbonyl (C=O) groups is 1. The van der Waals surface area contributed by atoms with Crippen molar-refractivity contribution in [2.45, 2.75) is 25.3 Å². The van der Waals surface area contributed by atoms with Gasteiger partial charge in [-0.05, 0) is 35.2 Å². The maximum Gasteiger partial charge on any atom is 0.337 e. The Balaban J connectivity index is 1.78. The van der Waals surface area contributed by atoms with Gasteiger partial charge in [0, 0.05) is 24.4 Å². The molecule has 0 bridgehead atoms. The summed E-state index contributed by atoms with van der Waals surface area (Å²) in [7, 11) is 0. The van der Waals surface area contributed by atoms with E-state index in [0.717, 1.165) is 25.1 Å². The highest BCUT2D eigenvalue weighted by Gasteiger charge is 2.31. The number of nitrogens with zero attached hydrogens (tertiary/aromatic N) is 1. The minimum Gasteiger partial charge on any atom is -0.478 e. The SMILES string of the molecule is O=C(O)c1ccn(Cc2cccc3ccccc23)c1C1CC1. The molecule has 1 saturated carbocycles. The molecule has 2 aromatic carbocycles. The molecule has 0 saturated heterocycles. The van der Waals surface area contributed by atoms with E-state index in [9.17, 15) is 9.90 Å². The van der Waals surface area contributed by atoms with Crippen LogP contribution in [-0.2, 0) is 6.54 Å². The van der Waals surface area contributed by atoms with Crippen LogP contribution in [0.1, 0.15) is 40.4 Å². The van der Waals surface area contributed by atoms with Crippen molar-refractivity contribution in [2.75, 3.05) is 0 Å². The van der Waals surface area contributed by atoms with Crippen LogP contribution in [0.3, 0.4) is 0 Å². The molecule has 3 heteroatoms. The van der Waals surface area contributed by atoms with Crippen molar-refractivity contribution in [3.63, 3.8) is 0 Å². The van der Waals surface area contributed by atoms with Crippen molar-refractivity contribution in [1.29, 1.82) is 0 Å². The molecule has 1 N–H and O–H groups in total.